The second-order valence-corrected chi connectivity index (χ2v) is 5.48. The number of carbonyl (C=O) groups is 1. The molecular formula is C12H17BrCl2N2O2. The van der Waals surface area contributed by atoms with Crippen molar-refractivity contribution in [3.63, 3.8) is 0 Å². The van der Waals surface area contributed by atoms with Crippen LogP contribution in [-0.4, -0.2) is 17.1 Å². The van der Waals surface area contributed by atoms with Gasteiger partial charge in [0.2, 0.25) is 5.91 Å². The Balaban J connectivity index is 0.00000324. The molecule has 0 saturated heterocycles. The van der Waals surface area contributed by atoms with Gasteiger partial charge in [0.25, 0.3) is 0 Å². The summed E-state index contributed by atoms with van der Waals surface area (Å²) < 4.78 is 0.419. The zero-order valence-electron chi connectivity index (χ0n) is 10.6. The van der Waals surface area contributed by atoms with Gasteiger partial charge in [0.05, 0.1) is 16.2 Å². The van der Waals surface area contributed by atoms with Gasteiger partial charge in [0, 0.05) is 5.02 Å². The van der Waals surface area contributed by atoms with Crippen LogP contribution in [0.15, 0.2) is 16.6 Å². The molecule has 0 aliphatic heterocycles. The Morgan fingerprint density at radius 3 is 2.68 bits per heavy atom. The van der Waals surface area contributed by atoms with E-state index < -0.39 is 6.04 Å². The van der Waals surface area contributed by atoms with E-state index >= 15 is 0 Å². The van der Waals surface area contributed by atoms with Gasteiger partial charge in [-0.2, -0.15) is 0 Å². The van der Waals surface area contributed by atoms with Crippen molar-refractivity contribution in [2.75, 3.05) is 5.32 Å². The quantitative estimate of drug-likeness (QED) is 0.708. The molecular weight excluding hydrogens is 355 g/mol. The third-order valence-corrected chi connectivity index (χ3v) is 3.67. The summed E-state index contributed by atoms with van der Waals surface area (Å²) in [5, 5.41) is 12.8. The van der Waals surface area contributed by atoms with Gasteiger partial charge in [-0.25, -0.2) is 0 Å². The Morgan fingerprint density at radius 2 is 2.16 bits per heavy atom. The van der Waals surface area contributed by atoms with Crippen LogP contribution in [0.5, 0.6) is 5.75 Å². The summed E-state index contributed by atoms with van der Waals surface area (Å²) in [6.45, 7) is 3.86. The first-order valence-corrected chi connectivity index (χ1v) is 6.78. The van der Waals surface area contributed by atoms with Gasteiger partial charge in [-0.05, 0) is 34.0 Å². The lowest BCUT2D eigenvalue weighted by atomic mass is 9.99. The molecule has 1 amide bonds. The summed E-state index contributed by atoms with van der Waals surface area (Å²) in [4.78, 5) is 11.9. The van der Waals surface area contributed by atoms with Gasteiger partial charge in [-0.15, -0.1) is 12.4 Å². The van der Waals surface area contributed by atoms with Crippen LogP contribution in [-0.2, 0) is 4.79 Å². The van der Waals surface area contributed by atoms with E-state index in [-0.39, 0.29) is 35.7 Å². The molecule has 2 unspecified atom stereocenters. The van der Waals surface area contributed by atoms with Gasteiger partial charge < -0.3 is 16.2 Å². The van der Waals surface area contributed by atoms with Crippen LogP contribution in [0.3, 0.4) is 0 Å². The molecule has 4 nitrogen and oxygen atoms in total. The monoisotopic (exact) mass is 370 g/mol. The summed E-state index contributed by atoms with van der Waals surface area (Å²) in [5.74, 6) is -0.340. The Morgan fingerprint density at radius 1 is 1.58 bits per heavy atom. The Kier molecular flexibility index (Phi) is 7.74. The molecule has 1 rings (SSSR count). The molecule has 0 heterocycles. The zero-order chi connectivity index (χ0) is 13.9. The number of nitrogens with one attached hydrogen (secondary N) is 1. The maximum Gasteiger partial charge on any atom is 0.241 e. The lowest BCUT2D eigenvalue weighted by Gasteiger charge is -2.18. The minimum Gasteiger partial charge on any atom is -0.505 e. The lowest BCUT2D eigenvalue weighted by Crippen LogP contribution is -2.40. The largest absolute Gasteiger partial charge is 0.505 e. The Labute approximate surface area is 132 Å². The first kappa shape index (κ1) is 18.5. The average Bonchev–Trinajstić information content (AvgIpc) is 2.33. The molecule has 0 spiro atoms. The molecule has 0 aliphatic carbocycles. The van der Waals surface area contributed by atoms with E-state index in [1.54, 1.807) is 6.07 Å². The Bertz CT molecular complexity index is 458. The van der Waals surface area contributed by atoms with Gasteiger partial charge in [-0.3, -0.25) is 4.79 Å². The molecule has 0 saturated carbocycles. The molecule has 0 bridgehead atoms. The summed E-state index contributed by atoms with van der Waals surface area (Å²) in [7, 11) is 0. The van der Waals surface area contributed by atoms with E-state index in [4.69, 9.17) is 17.3 Å². The molecule has 0 radical (unpaired) electrons. The minimum absolute atomic E-state index is 0. The second kappa shape index (κ2) is 7.94. The summed E-state index contributed by atoms with van der Waals surface area (Å²) in [6, 6.07) is 2.40. The molecule has 0 aromatic heterocycles. The summed E-state index contributed by atoms with van der Waals surface area (Å²) >= 11 is 9.00. The summed E-state index contributed by atoms with van der Waals surface area (Å²) in [5.41, 5.74) is 6.06. The van der Waals surface area contributed by atoms with E-state index in [1.165, 1.54) is 6.07 Å². The van der Waals surface area contributed by atoms with E-state index in [0.29, 0.717) is 9.50 Å². The molecule has 1 aromatic rings. The molecule has 0 aliphatic rings. The van der Waals surface area contributed by atoms with Crippen LogP contribution < -0.4 is 11.1 Å². The highest BCUT2D eigenvalue weighted by Gasteiger charge is 2.21. The topological polar surface area (TPSA) is 75.4 Å². The van der Waals surface area contributed by atoms with Crippen LogP contribution in [0.2, 0.25) is 5.02 Å². The molecule has 7 heteroatoms. The number of nitrogens with two attached hydrogens (primary N) is 1. The maximum absolute atomic E-state index is 11.9. The maximum atomic E-state index is 11.9. The van der Waals surface area contributed by atoms with Crippen LogP contribution in [0.25, 0.3) is 0 Å². The van der Waals surface area contributed by atoms with E-state index in [2.05, 4.69) is 21.2 Å². The number of benzene rings is 1. The van der Waals surface area contributed by atoms with Crippen molar-refractivity contribution >= 4 is 51.5 Å². The van der Waals surface area contributed by atoms with Crippen molar-refractivity contribution < 1.29 is 9.90 Å². The third-order valence-electron chi connectivity index (χ3n) is 2.85. The van der Waals surface area contributed by atoms with E-state index in [1.807, 2.05) is 13.8 Å². The first-order chi connectivity index (χ1) is 8.36. The molecule has 19 heavy (non-hydrogen) atoms. The lowest BCUT2D eigenvalue weighted by molar-refractivity contribution is -0.118. The zero-order valence-corrected chi connectivity index (χ0v) is 13.8. The van der Waals surface area contributed by atoms with Crippen molar-refractivity contribution in [3.8, 4) is 5.75 Å². The van der Waals surface area contributed by atoms with Crippen LogP contribution in [0.4, 0.5) is 5.69 Å². The Hall–Kier alpha value is -0.490. The number of phenols is 1. The average molecular weight is 372 g/mol. The minimum atomic E-state index is -0.618. The number of halogens is 3. The number of hydrogen-bond donors (Lipinski definition) is 3. The van der Waals surface area contributed by atoms with Gasteiger partial charge in [-0.1, -0.05) is 31.9 Å². The normalized spacial score (nSPS) is 13.3. The van der Waals surface area contributed by atoms with Gasteiger partial charge in [0.15, 0.2) is 5.75 Å². The van der Waals surface area contributed by atoms with Crippen LogP contribution in [0, 0.1) is 5.92 Å². The third kappa shape index (κ3) is 4.84. The summed E-state index contributed by atoms with van der Waals surface area (Å²) in [6.07, 6.45) is 0.805. The second-order valence-electron chi connectivity index (χ2n) is 4.18. The molecule has 4 N–H and O–H groups in total. The van der Waals surface area contributed by atoms with Crippen molar-refractivity contribution in [1.29, 1.82) is 0 Å². The number of amides is 1. The standard InChI is InChI=1S/C12H16BrClN2O2.ClH/c1-3-6(2)10(15)12(18)16-9-5-7(14)4-8(13)11(9)17;/h4-6,10,17H,3,15H2,1-2H3,(H,16,18);1H. The predicted molar refractivity (Wildman–Crippen MR) is 84.1 cm³/mol. The van der Waals surface area contributed by atoms with Crippen LogP contribution >= 0.6 is 39.9 Å². The van der Waals surface area contributed by atoms with Crippen molar-refractivity contribution in [2.24, 2.45) is 11.7 Å². The number of anilines is 1. The molecule has 108 valence electrons. The first-order valence-electron chi connectivity index (χ1n) is 5.61. The SMILES string of the molecule is CCC(C)C(N)C(=O)Nc1cc(Cl)cc(Br)c1O.Cl. The fourth-order valence-corrected chi connectivity index (χ4v) is 2.20. The molecule has 1 aromatic carbocycles. The number of rotatable bonds is 4. The van der Waals surface area contributed by atoms with Crippen molar-refractivity contribution in [3.05, 3.63) is 21.6 Å². The number of phenolic OH excluding ortho intramolecular Hbond substituents is 1. The predicted octanol–water partition coefficient (Wildman–Crippen LogP) is 3.54. The van der Waals surface area contributed by atoms with Crippen molar-refractivity contribution in [2.45, 2.75) is 26.3 Å². The highest BCUT2D eigenvalue weighted by atomic mass is 79.9. The van der Waals surface area contributed by atoms with Crippen LogP contribution in [0.1, 0.15) is 20.3 Å². The van der Waals surface area contributed by atoms with Gasteiger partial charge in [0.1, 0.15) is 0 Å². The fraction of sp³-hybridized carbons (Fsp3) is 0.417. The van der Waals surface area contributed by atoms with Gasteiger partial charge >= 0.3 is 0 Å². The number of carbonyl (C=O) groups excluding carboxylic acids is 1. The highest BCUT2D eigenvalue weighted by molar-refractivity contribution is 9.10. The fourth-order valence-electron chi connectivity index (χ4n) is 1.39. The van der Waals surface area contributed by atoms with Crippen molar-refractivity contribution in [1.82, 2.24) is 0 Å². The van der Waals surface area contributed by atoms with E-state index in [0.717, 1.165) is 6.42 Å². The number of hydrogen-bond acceptors (Lipinski definition) is 3. The molecule has 0 fully saturated rings. The molecule has 2 atom stereocenters. The number of aromatic hydroxyl groups is 1. The highest BCUT2D eigenvalue weighted by Crippen LogP contribution is 2.35. The smallest absolute Gasteiger partial charge is 0.241 e. The van der Waals surface area contributed by atoms with E-state index in [9.17, 15) is 9.90 Å².